The number of nitrogens with one attached hydrogen (secondary N) is 2. The molecule has 0 aliphatic heterocycles. The van der Waals surface area contributed by atoms with Crippen molar-refractivity contribution in [3.63, 3.8) is 0 Å². The van der Waals surface area contributed by atoms with Crippen LogP contribution in [0.15, 0.2) is 21.7 Å². The summed E-state index contributed by atoms with van der Waals surface area (Å²) in [4.78, 5) is 5.22. The van der Waals surface area contributed by atoms with Crippen LogP contribution in [0.5, 0.6) is 0 Å². The molecular weight excluding hydrogens is 302 g/mol. The highest BCUT2D eigenvalue weighted by atomic mass is 32.2. The number of nitrogens with zero attached hydrogens (tertiary/aromatic N) is 1. The third kappa shape index (κ3) is 3.83. The van der Waals surface area contributed by atoms with Crippen molar-refractivity contribution in [2.75, 3.05) is 7.05 Å². The van der Waals surface area contributed by atoms with Gasteiger partial charge >= 0.3 is 0 Å². The van der Waals surface area contributed by atoms with Gasteiger partial charge in [-0.15, -0.1) is 22.7 Å². The van der Waals surface area contributed by atoms with Crippen LogP contribution in [-0.4, -0.2) is 20.4 Å². The number of thiophene rings is 1. The van der Waals surface area contributed by atoms with Gasteiger partial charge in [-0.05, 0) is 26.1 Å². The normalized spacial score (nSPS) is 11.9. The fraction of sp³-hybridized carbons (Fsp3) is 0.364. The Kier molecular flexibility index (Phi) is 4.69. The van der Waals surface area contributed by atoms with Crippen LogP contribution in [-0.2, 0) is 23.1 Å². The number of aryl methyl sites for hydroxylation is 1. The number of hydrogen-bond acceptors (Lipinski definition) is 6. The second-order valence-corrected chi connectivity index (χ2v) is 8.06. The molecule has 0 aromatic carbocycles. The second-order valence-electron chi connectivity index (χ2n) is 3.96. The van der Waals surface area contributed by atoms with Gasteiger partial charge < -0.3 is 5.32 Å². The first kappa shape index (κ1) is 14.6. The molecular formula is C11H15N3O2S3. The Hall–Kier alpha value is -0.800. The van der Waals surface area contributed by atoms with E-state index in [9.17, 15) is 8.42 Å². The number of thiazole rings is 1. The van der Waals surface area contributed by atoms with Crippen molar-refractivity contribution in [1.29, 1.82) is 0 Å². The number of rotatable bonds is 6. The molecule has 0 unspecified atom stereocenters. The van der Waals surface area contributed by atoms with E-state index in [0.717, 1.165) is 15.6 Å². The average Bonchev–Trinajstić information content (AvgIpc) is 2.97. The standard InChI is InChI=1S/C11H15N3O2S3/c1-8-7-17-10(14-8)6-13-19(15,16)11-4-3-9(18-11)5-12-2/h3-4,7,12-13H,5-6H2,1-2H3. The van der Waals surface area contributed by atoms with E-state index in [1.807, 2.05) is 25.4 Å². The molecule has 8 heteroatoms. The summed E-state index contributed by atoms with van der Waals surface area (Å²) in [5.74, 6) is 0. The molecule has 0 aliphatic carbocycles. The van der Waals surface area contributed by atoms with E-state index in [0.29, 0.717) is 10.8 Å². The summed E-state index contributed by atoms with van der Waals surface area (Å²) in [6.45, 7) is 2.80. The maximum atomic E-state index is 12.1. The molecule has 0 radical (unpaired) electrons. The lowest BCUT2D eigenvalue weighted by atomic mass is 10.5. The molecule has 2 rings (SSSR count). The monoisotopic (exact) mass is 317 g/mol. The van der Waals surface area contributed by atoms with E-state index in [1.165, 1.54) is 22.7 Å². The van der Waals surface area contributed by atoms with Crippen molar-refractivity contribution in [3.8, 4) is 0 Å². The van der Waals surface area contributed by atoms with E-state index in [2.05, 4.69) is 15.0 Å². The molecule has 0 saturated heterocycles. The van der Waals surface area contributed by atoms with Crippen LogP contribution in [0.2, 0.25) is 0 Å². The zero-order valence-corrected chi connectivity index (χ0v) is 13.1. The third-order valence-corrected chi connectivity index (χ3v) is 6.28. The summed E-state index contributed by atoms with van der Waals surface area (Å²) in [6.07, 6.45) is 0. The van der Waals surface area contributed by atoms with Gasteiger partial charge in [-0.1, -0.05) is 0 Å². The molecule has 0 saturated carbocycles. The molecule has 0 atom stereocenters. The van der Waals surface area contributed by atoms with E-state index in [4.69, 9.17) is 0 Å². The fourth-order valence-electron chi connectivity index (χ4n) is 1.48. The molecule has 0 amide bonds. The van der Waals surface area contributed by atoms with Gasteiger partial charge in [0.25, 0.3) is 0 Å². The first-order valence-corrected chi connectivity index (χ1v) is 8.83. The minimum absolute atomic E-state index is 0.236. The SMILES string of the molecule is CNCc1ccc(S(=O)(=O)NCc2nc(C)cs2)s1. The van der Waals surface area contributed by atoms with Crippen LogP contribution < -0.4 is 10.0 Å². The predicted molar refractivity (Wildman–Crippen MR) is 78.0 cm³/mol. The molecule has 0 aliphatic rings. The molecule has 5 nitrogen and oxygen atoms in total. The number of sulfonamides is 1. The lowest BCUT2D eigenvalue weighted by molar-refractivity contribution is 0.583. The van der Waals surface area contributed by atoms with Gasteiger partial charge in [0.05, 0.1) is 6.54 Å². The zero-order chi connectivity index (χ0) is 13.9. The Morgan fingerprint density at radius 3 is 2.74 bits per heavy atom. The smallest absolute Gasteiger partial charge is 0.250 e. The Morgan fingerprint density at radius 1 is 1.32 bits per heavy atom. The highest BCUT2D eigenvalue weighted by Gasteiger charge is 2.17. The second kappa shape index (κ2) is 6.10. The van der Waals surface area contributed by atoms with Crippen LogP contribution in [0.4, 0.5) is 0 Å². The van der Waals surface area contributed by atoms with Crippen LogP contribution in [0.3, 0.4) is 0 Å². The Bertz CT molecular complexity index is 646. The van der Waals surface area contributed by atoms with Crippen molar-refractivity contribution in [3.05, 3.63) is 33.1 Å². The van der Waals surface area contributed by atoms with Crippen molar-refractivity contribution < 1.29 is 8.42 Å². The summed E-state index contributed by atoms with van der Waals surface area (Å²) in [5, 5.41) is 5.67. The van der Waals surface area contributed by atoms with E-state index in [1.54, 1.807) is 6.07 Å². The Labute approximate surface area is 120 Å². The zero-order valence-electron chi connectivity index (χ0n) is 10.6. The van der Waals surface area contributed by atoms with E-state index < -0.39 is 10.0 Å². The molecule has 2 aromatic heterocycles. The van der Waals surface area contributed by atoms with Gasteiger partial charge in [-0.3, -0.25) is 0 Å². The Morgan fingerprint density at radius 2 is 2.11 bits per heavy atom. The molecule has 0 bridgehead atoms. The highest BCUT2D eigenvalue weighted by Crippen LogP contribution is 2.21. The van der Waals surface area contributed by atoms with Gasteiger partial charge in [-0.2, -0.15) is 0 Å². The summed E-state index contributed by atoms with van der Waals surface area (Å²) in [7, 11) is -1.61. The van der Waals surface area contributed by atoms with Crippen LogP contribution in [0, 0.1) is 6.92 Å². The van der Waals surface area contributed by atoms with Crippen LogP contribution >= 0.6 is 22.7 Å². The highest BCUT2D eigenvalue weighted by molar-refractivity contribution is 7.91. The average molecular weight is 317 g/mol. The van der Waals surface area contributed by atoms with Crippen molar-refractivity contribution in [2.45, 2.75) is 24.2 Å². The first-order valence-electron chi connectivity index (χ1n) is 5.65. The Balaban J connectivity index is 2.04. The molecule has 0 spiro atoms. The topological polar surface area (TPSA) is 71.1 Å². The van der Waals surface area contributed by atoms with Crippen molar-refractivity contribution in [1.82, 2.24) is 15.0 Å². The fourth-order valence-corrected chi connectivity index (χ4v) is 4.69. The van der Waals surface area contributed by atoms with Crippen LogP contribution in [0.25, 0.3) is 0 Å². The number of hydrogen-bond donors (Lipinski definition) is 2. The minimum Gasteiger partial charge on any atom is -0.315 e. The quantitative estimate of drug-likeness (QED) is 0.851. The van der Waals surface area contributed by atoms with Crippen molar-refractivity contribution >= 4 is 32.7 Å². The van der Waals surface area contributed by atoms with Gasteiger partial charge in [0.15, 0.2) is 0 Å². The summed E-state index contributed by atoms with van der Waals surface area (Å²) < 4.78 is 27.1. The van der Waals surface area contributed by atoms with Gasteiger partial charge in [-0.25, -0.2) is 18.1 Å². The van der Waals surface area contributed by atoms with Gasteiger partial charge in [0, 0.05) is 22.5 Å². The predicted octanol–water partition coefficient (Wildman–Crippen LogP) is 1.71. The maximum absolute atomic E-state index is 12.1. The molecule has 2 N–H and O–H groups in total. The van der Waals surface area contributed by atoms with E-state index >= 15 is 0 Å². The molecule has 2 aromatic rings. The lowest BCUT2D eigenvalue weighted by Crippen LogP contribution is -2.22. The molecule has 0 fully saturated rings. The van der Waals surface area contributed by atoms with E-state index in [-0.39, 0.29) is 6.54 Å². The first-order chi connectivity index (χ1) is 9.01. The summed E-state index contributed by atoms with van der Waals surface area (Å²) in [6, 6.07) is 3.45. The number of aromatic nitrogens is 1. The lowest BCUT2D eigenvalue weighted by Gasteiger charge is -2.02. The molecule has 104 valence electrons. The third-order valence-electron chi connectivity index (χ3n) is 2.33. The van der Waals surface area contributed by atoms with Crippen molar-refractivity contribution in [2.24, 2.45) is 0 Å². The summed E-state index contributed by atoms with van der Waals surface area (Å²) >= 11 is 2.73. The molecule has 19 heavy (non-hydrogen) atoms. The summed E-state index contributed by atoms with van der Waals surface area (Å²) in [5.41, 5.74) is 0.909. The van der Waals surface area contributed by atoms with Crippen LogP contribution in [0.1, 0.15) is 15.6 Å². The molecule has 2 heterocycles. The largest absolute Gasteiger partial charge is 0.315 e. The maximum Gasteiger partial charge on any atom is 0.250 e. The minimum atomic E-state index is -3.44. The van der Waals surface area contributed by atoms with Gasteiger partial charge in [0.1, 0.15) is 9.22 Å². The van der Waals surface area contributed by atoms with Gasteiger partial charge in [0.2, 0.25) is 10.0 Å².